The molecule has 0 saturated heterocycles. The number of halogens is 6. The van der Waals surface area contributed by atoms with Crippen LogP contribution in [0.3, 0.4) is 0 Å². The Balaban J connectivity index is 2.89. The first kappa shape index (κ1) is 18.0. The van der Waals surface area contributed by atoms with Crippen LogP contribution >= 0.6 is 0 Å². The minimum Gasteiger partial charge on any atom is -0.504 e. The summed E-state index contributed by atoms with van der Waals surface area (Å²) in [6, 6.07) is 7.77. The normalized spacial score (nSPS) is 12.3. The number of aromatic hydroxyl groups is 1. The zero-order valence-corrected chi connectivity index (χ0v) is 12.3. The van der Waals surface area contributed by atoms with Gasteiger partial charge >= 0.3 is 12.4 Å². The van der Waals surface area contributed by atoms with E-state index in [2.05, 4.69) is 0 Å². The molecule has 0 bridgehead atoms. The van der Waals surface area contributed by atoms with Gasteiger partial charge in [0.15, 0.2) is 11.5 Å². The summed E-state index contributed by atoms with van der Waals surface area (Å²) >= 11 is 0. The first-order valence-corrected chi connectivity index (χ1v) is 6.80. The van der Waals surface area contributed by atoms with E-state index >= 15 is 0 Å². The minimum atomic E-state index is -5.39. The summed E-state index contributed by atoms with van der Waals surface area (Å²) in [5, 5.41) is 9.90. The molecule has 0 aliphatic heterocycles. The monoisotopic (exact) mass is 350 g/mol. The third-order valence-electron chi connectivity index (χ3n) is 3.22. The molecule has 0 aliphatic rings. The average molecular weight is 350 g/mol. The largest absolute Gasteiger partial charge is 0.504 e. The number of alkyl halides is 6. The standard InChI is InChI=1S/C16H12F6O2/c1-2-24-14-10(9-6-4-3-5-7-9)8-11(15(17,18)19)12(13(14)23)16(20,21)22/h3-8,23H,2H2,1H3. The molecule has 130 valence electrons. The molecule has 0 heterocycles. The van der Waals surface area contributed by atoms with Crippen molar-refractivity contribution in [2.24, 2.45) is 0 Å². The maximum Gasteiger partial charge on any atom is 0.420 e. The van der Waals surface area contributed by atoms with E-state index in [1.165, 1.54) is 31.2 Å². The Morgan fingerprint density at radius 2 is 1.54 bits per heavy atom. The molecule has 0 amide bonds. The molecule has 0 radical (unpaired) electrons. The van der Waals surface area contributed by atoms with Crippen molar-refractivity contribution >= 4 is 0 Å². The average Bonchev–Trinajstić information content (AvgIpc) is 2.47. The Morgan fingerprint density at radius 1 is 0.958 bits per heavy atom. The highest BCUT2D eigenvalue weighted by Crippen LogP contribution is 2.51. The van der Waals surface area contributed by atoms with Crippen LogP contribution < -0.4 is 4.74 Å². The van der Waals surface area contributed by atoms with Crippen LogP contribution in [0, 0.1) is 0 Å². The van der Waals surface area contributed by atoms with Crippen LogP contribution in [0.2, 0.25) is 0 Å². The quantitative estimate of drug-likeness (QED) is 0.741. The predicted molar refractivity (Wildman–Crippen MR) is 74.7 cm³/mol. The molecule has 0 aromatic heterocycles. The van der Waals surface area contributed by atoms with Gasteiger partial charge in [0, 0.05) is 5.56 Å². The van der Waals surface area contributed by atoms with Crippen molar-refractivity contribution in [2.45, 2.75) is 19.3 Å². The fraction of sp³-hybridized carbons (Fsp3) is 0.250. The van der Waals surface area contributed by atoms with E-state index in [0.717, 1.165) is 0 Å². The molecule has 0 aliphatic carbocycles. The lowest BCUT2D eigenvalue weighted by Gasteiger charge is -2.21. The Morgan fingerprint density at radius 3 is 2.00 bits per heavy atom. The van der Waals surface area contributed by atoms with E-state index in [1.54, 1.807) is 6.07 Å². The van der Waals surface area contributed by atoms with Crippen LogP contribution in [0.25, 0.3) is 11.1 Å². The van der Waals surface area contributed by atoms with Gasteiger partial charge < -0.3 is 9.84 Å². The van der Waals surface area contributed by atoms with Gasteiger partial charge in [-0.25, -0.2) is 0 Å². The van der Waals surface area contributed by atoms with Crippen molar-refractivity contribution in [2.75, 3.05) is 6.61 Å². The maximum absolute atomic E-state index is 13.1. The third-order valence-corrected chi connectivity index (χ3v) is 3.22. The lowest BCUT2D eigenvalue weighted by molar-refractivity contribution is -0.163. The smallest absolute Gasteiger partial charge is 0.420 e. The van der Waals surface area contributed by atoms with Gasteiger partial charge in [-0.15, -0.1) is 0 Å². The summed E-state index contributed by atoms with van der Waals surface area (Å²) in [4.78, 5) is 0. The van der Waals surface area contributed by atoms with Crippen LogP contribution in [0.1, 0.15) is 18.1 Å². The summed E-state index contributed by atoms with van der Waals surface area (Å²) in [5.74, 6) is -2.21. The molecular weight excluding hydrogens is 338 g/mol. The molecule has 0 saturated carbocycles. The van der Waals surface area contributed by atoms with Crippen LogP contribution in [-0.2, 0) is 12.4 Å². The number of hydrogen-bond donors (Lipinski definition) is 1. The van der Waals surface area contributed by atoms with Crippen molar-refractivity contribution in [3.8, 4) is 22.6 Å². The highest BCUT2D eigenvalue weighted by atomic mass is 19.4. The number of phenolic OH excluding ortho intramolecular Hbond substituents is 1. The van der Waals surface area contributed by atoms with E-state index in [4.69, 9.17) is 4.74 Å². The second-order valence-electron chi connectivity index (χ2n) is 4.82. The molecule has 0 atom stereocenters. The zero-order valence-electron chi connectivity index (χ0n) is 12.3. The molecule has 2 aromatic carbocycles. The molecule has 2 aromatic rings. The van der Waals surface area contributed by atoms with Gasteiger partial charge in [-0.1, -0.05) is 30.3 Å². The Hall–Kier alpha value is -2.38. The number of benzene rings is 2. The molecule has 0 fully saturated rings. The molecule has 2 nitrogen and oxygen atoms in total. The first-order valence-electron chi connectivity index (χ1n) is 6.80. The van der Waals surface area contributed by atoms with E-state index in [9.17, 15) is 31.4 Å². The molecular formula is C16H12F6O2. The Bertz CT molecular complexity index is 720. The zero-order chi connectivity index (χ0) is 18.1. The lowest BCUT2D eigenvalue weighted by Crippen LogP contribution is -2.17. The lowest BCUT2D eigenvalue weighted by atomic mass is 9.96. The van der Waals surface area contributed by atoms with Crippen LogP contribution in [0.15, 0.2) is 36.4 Å². The van der Waals surface area contributed by atoms with Crippen molar-refractivity contribution in [3.05, 3.63) is 47.5 Å². The van der Waals surface area contributed by atoms with Crippen LogP contribution in [0.4, 0.5) is 26.3 Å². The fourth-order valence-corrected chi connectivity index (χ4v) is 2.28. The number of rotatable bonds is 3. The van der Waals surface area contributed by atoms with E-state index in [-0.39, 0.29) is 17.7 Å². The predicted octanol–water partition coefficient (Wildman–Crippen LogP) is 5.50. The summed E-state index contributed by atoms with van der Waals surface area (Å²) < 4.78 is 83.6. The van der Waals surface area contributed by atoms with Gasteiger partial charge in [-0.2, -0.15) is 26.3 Å². The summed E-state index contributed by atoms with van der Waals surface area (Å²) in [7, 11) is 0. The number of hydrogen-bond acceptors (Lipinski definition) is 2. The molecule has 24 heavy (non-hydrogen) atoms. The summed E-state index contributed by atoms with van der Waals surface area (Å²) in [6.07, 6.45) is -10.7. The Labute approximate surface area is 133 Å². The molecule has 8 heteroatoms. The summed E-state index contributed by atoms with van der Waals surface area (Å²) in [6.45, 7) is 1.31. The molecule has 0 spiro atoms. The second kappa shape index (κ2) is 6.26. The minimum absolute atomic E-state index is 0.129. The van der Waals surface area contributed by atoms with Crippen molar-refractivity contribution in [1.29, 1.82) is 0 Å². The SMILES string of the molecule is CCOc1c(-c2ccccc2)cc(C(F)(F)F)c(C(F)(F)F)c1O. The van der Waals surface area contributed by atoms with Gasteiger partial charge in [0.05, 0.1) is 12.2 Å². The van der Waals surface area contributed by atoms with E-state index < -0.39 is 35.0 Å². The Kier molecular flexibility index (Phi) is 4.68. The third kappa shape index (κ3) is 3.42. The van der Waals surface area contributed by atoms with Crippen LogP contribution in [0.5, 0.6) is 11.5 Å². The van der Waals surface area contributed by atoms with E-state index in [0.29, 0.717) is 6.07 Å². The summed E-state index contributed by atoms with van der Waals surface area (Å²) in [5.41, 5.74) is -4.20. The van der Waals surface area contributed by atoms with E-state index in [1.807, 2.05) is 0 Å². The van der Waals surface area contributed by atoms with Crippen molar-refractivity contribution in [1.82, 2.24) is 0 Å². The highest BCUT2D eigenvalue weighted by Gasteiger charge is 2.47. The second-order valence-corrected chi connectivity index (χ2v) is 4.82. The fourth-order valence-electron chi connectivity index (χ4n) is 2.28. The van der Waals surface area contributed by atoms with Gasteiger partial charge in [-0.05, 0) is 18.6 Å². The van der Waals surface area contributed by atoms with Gasteiger partial charge in [0.2, 0.25) is 0 Å². The molecule has 2 rings (SSSR count). The van der Waals surface area contributed by atoms with Gasteiger partial charge in [-0.3, -0.25) is 0 Å². The van der Waals surface area contributed by atoms with Gasteiger partial charge in [0.1, 0.15) is 5.56 Å². The first-order chi connectivity index (χ1) is 11.1. The number of phenols is 1. The molecule has 1 N–H and O–H groups in total. The number of ether oxygens (including phenoxy) is 1. The topological polar surface area (TPSA) is 29.5 Å². The van der Waals surface area contributed by atoms with Crippen LogP contribution in [-0.4, -0.2) is 11.7 Å². The van der Waals surface area contributed by atoms with Gasteiger partial charge in [0.25, 0.3) is 0 Å². The molecule has 0 unspecified atom stereocenters. The maximum atomic E-state index is 13.1. The highest BCUT2D eigenvalue weighted by molar-refractivity contribution is 5.76. The van der Waals surface area contributed by atoms with Crippen molar-refractivity contribution < 1.29 is 36.2 Å². The van der Waals surface area contributed by atoms with Crippen molar-refractivity contribution in [3.63, 3.8) is 0 Å².